The normalized spacial score (nSPS) is 12.7. The lowest BCUT2D eigenvalue weighted by Crippen LogP contribution is -2.46. The average Bonchev–Trinajstić information content (AvgIpc) is 1.85. The zero-order valence-corrected chi connectivity index (χ0v) is 8.18. The number of carbonyl (C=O) groups excluding carboxylic acids is 1. The second kappa shape index (κ2) is 5.28. The third kappa shape index (κ3) is 3.84. The lowest BCUT2D eigenvalue weighted by Gasteiger charge is -2.20. The minimum atomic E-state index is -1.09. The highest BCUT2D eigenvalue weighted by molar-refractivity contribution is 7.80. The van der Waals surface area contributed by atoms with E-state index in [9.17, 15) is 9.59 Å². The number of aliphatic carboxylic acids is 1. The van der Waals surface area contributed by atoms with Crippen molar-refractivity contribution in [3.05, 3.63) is 0 Å². The molecule has 0 rings (SSSR count). The van der Waals surface area contributed by atoms with Gasteiger partial charge >= 0.3 is 5.97 Å². The van der Waals surface area contributed by atoms with Crippen molar-refractivity contribution in [2.24, 2.45) is 0 Å². The summed E-state index contributed by atoms with van der Waals surface area (Å²) >= 11 is 7.55. The maximum absolute atomic E-state index is 10.5. The van der Waals surface area contributed by atoms with Gasteiger partial charge in [-0.3, -0.25) is 15.0 Å². The summed E-state index contributed by atoms with van der Waals surface area (Å²) in [6, 6.07) is -0.930. The predicted octanol–water partition coefficient (Wildman–Crippen LogP) is -0.433. The van der Waals surface area contributed by atoms with Gasteiger partial charge in [0.1, 0.15) is 6.04 Å². The van der Waals surface area contributed by atoms with Crippen LogP contribution >= 0.6 is 25.4 Å². The highest BCUT2D eigenvalue weighted by atomic mass is 32.1. The molecule has 0 aliphatic rings. The fourth-order valence-electron chi connectivity index (χ4n) is 0.499. The largest absolute Gasteiger partial charge is 0.480 e. The van der Waals surface area contributed by atoms with Gasteiger partial charge in [0.25, 0.3) is 0 Å². The molecule has 70 valence electrons. The Morgan fingerprint density at radius 1 is 1.67 bits per heavy atom. The molecule has 12 heavy (non-hydrogen) atoms. The molecule has 0 saturated heterocycles. The molecule has 0 spiro atoms. The molecule has 0 aliphatic carbocycles. The van der Waals surface area contributed by atoms with E-state index < -0.39 is 12.0 Å². The van der Waals surface area contributed by atoms with Gasteiger partial charge in [-0.2, -0.15) is 17.0 Å². The monoisotopic (exact) mass is 210 g/mol. The van der Waals surface area contributed by atoms with Crippen LogP contribution in [0, 0.1) is 0 Å². The van der Waals surface area contributed by atoms with E-state index in [2.05, 4.69) is 30.9 Å². The molecule has 0 saturated carbocycles. The summed E-state index contributed by atoms with van der Waals surface area (Å²) in [4.78, 5) is 20.9. The van der Waals surface area contributed by atoms with Gasteiger partial charge < -0.3 is 5.11 Å². The second-order valence-electron chi connectivity index (χ2n) is 2.05. The molecule has 1 atom stereocenters. The number of thiol groups is 2. The van der Waals surface area contributed by atoms with Crippen LogP contribution in [0.15, 0.2) is 0 Å². The van der Waals surface area contributed by atoms with Gasteiger partial charge in [-0.1, -0.05) is 12.8 Å². The van der Waals surface area contributed by atoms with Gasteiger partial charge in [-0.15, -0.1) is 0 Å². The number of carboxylic acid groups (broad SMARTS) is 1. The van der Waals surface area contributed by atoms with Crippen molar-refractivity contribution < 1.29 is 14.7 Å². The van der Waals surface area contributed by atoms with Gasteiger partial charge in [-0.05, 0) is 0 Å². The topological polar surface area (TPSA) is 69.6 Å². The van der Waals surface area contributed by atoms with Crippen molar-refractivity contribution in [3.63, 3.8) is 0 Å². The van der Waals surface area contributed by atoms with Gasteiger partial charge in [0.15, 0.2) is 0 Å². The Bertz CT molecular complexity index is 188. The molecule has 0 aromatic heterocycles. The molecule has 0 radical (unpaired) electrons. The fraction of sp³-hybridized carbons (Fsp3) is 0.600. The van der Waals surface area contributed by atoms with Crippen LogP contribution in [0.3, 0.4) is 0 Å². The zero-order chi connectivity index (χ0) is 9.72. The Balaban J connectivity index is 4.11. The Labute approximate surface area is 81.0 Å². The summed E-state index contributed by atoms with van der Waals surface area (Å²) in [7, 11) is 0. The Hall–Kier alpha value is -0.400. The number of nitrogens with one attached hydrogen (secondary N) is 1. The summed E-state index contributed by atoms with van der Waals surface area (Å²) in [6.45, 7) is 1.26. The quantitative estimate of drug-likeness (QED) is 0.375. The molecule has 0 aromatic rings. The number of hydrazine groups is 1. The highest BCUT2D eigenvalue weighted by Crippen LogP contribution is 2.01. The Morgan fingerprint density at radius 3 is 2.42 bits per heavy atom. The van der Waals surface area contributed by atoms with Crippen molar-refractivity contribution in [3.8, 4) is 0 Å². The van der Waals surface area contributed by atoms with Crippen molar-refractivity contribution in [2.45, 2.75) is 13.0 Å². The summed E-state index contributed by atoms with van der Waals surface area (Å²) in [6.07, 6.45) is 0. The molecular weight excluding hydrogens is 200 g/mol. The summed E-state index contributed by atoms with van der Waals surface area (Å²) in [5.41, 5.74) is 2.20. The van der Waals surface area contributed by atoms with E-state index in [0.29, 0.717) is 0 Å². The van der Waals surface area contributed by atoms with Crippen LogP contribution in [0.25, 0.3) is 0 Å². The number of amides is 1. The van der Waals surface area contributed by atoms with Crippen LogP contribution in [-0.2, 0) is 9.59 Å². The second-order valence-corrected chi connectivity index (χ2v) is 2.85. The first-order valence-electron chi connectivity index (χ1n) is 3.08. The van der Waals surface area contributed by atoms with E-state index >= 15 is 0 Å². The van der Waals surface area contributed by atoms with Crippen LogP contribution in [-0.4, -0.2) is 33.2 Å². The first kappa shape index (κ1) is 11.6. The highest BCUT2D eigenvalue weighted by Gasteiger charge is 2.22. The molecule has 0 fully saturated rings. The smallest absolute Gasteiger partial charge is 0.324 e. The lowest BCUT2D eigenvalue weighted by atomic mass is 10.4. The fourth-order valence-corrected chi connectivity index (χ4v) is 1.27. The molecule has 7 heteroatoms. The van der Waals surface area contributed by atoms with Crippen LogP contribution in [0.5, 0.6) is 0 Å². The zero-order valence-electron chi connectivity index (χ0n) is 6.39. The molecule has 0 bridgehead atoms. The van der Waals surface area contributed by atoms with E-state index in [1.807, 2.05) is 0 Å². The SMILES string of the molecule is CC(=O)NN(S)[C@@H](CS)C(=O)O. The number of hydrogen-bond donors (Lipinski definition) is 4. The molecule has 0 unspecified atom stereocenters. The van der Waals surface area contributed by atoms with E-state index in [-0.39, 0.29) is 11.7 Å². The minimum Gasteiger partial charge on any atom is -0.480 e. The van der Waals surface area contributed by atoms with Gasteiger partial charge in [0.2, 0.25) is 5.91 Å². The molecule has 0 aromatic carbocycles. The molecule has 0 heterocycles. The van der Waals surface area contributed by atoms with Gasteiger partial charge in [-0.25, -0.2) is 0 Å². The maximum Gasteiger partial charge on any atom is 0.324 e. The van der Waals surface area contributed by atoms with Crippen LogP contribution in [0.4, 0.5) is 0 Å². The van der Waals surface area contributed by atoms with E-state index in [4.69, 9.17) is 5.11 Å². The number of carbonyl (C=O) groups is 2. The Kier molecular flexibility index (Phi) is 5.11. The van der Waals surface area contributed by atoms with Crippen molar-refractivity contribution in [1.29, 1.82) is 0 Å². The number of rotatable bonds is 4. The van der Waals surface area contributed by atoms with E-state index in [0.717, 1.165) is 4.41 Å². The van der Waals surface area contributed by atoms with Crippen molar-refractivity contribution in [1.82, 2.24) is 9.84 Å². The standard InChI is InChI=1S/C5H10N2O3S2/c1-3(8)6-7(12)4(2-11)5(9)10/h4,11-12H,2H2,1H3,(H,6,8)(H,9,10)/t4-/m0/s1. The first-order chi connectivity index (χ1) is 5.49. The third-order valence-corrected chi connectivity index (χ3v) is 1.75. The van der Waals surface area contributed by atoms with Gasteiger partial charge in [0.05, 0.1) is 0 Å². The third-order valence-electron chi connectivity index (χ3n) is 1.03. The first-order valence-corrected chi connectivity index (χ1v) is 4.11. The molecule has 5 nitrogen and oxygen atoms in total. The molecular formula is C5H10N2O3S2. The maximum atomic E-state index is 10.5. The number of nitrogens with zero attached hydrogens (tertiary/aromatic N) is 1. The summed E-state index contributed by atoms with van der Waals surface area (Å²) in [5.74, 6) is -1.40. The average molecular weight is 210 g/mol. The summed E-state index contributed by atoms with van der Waals surface area (Å²) in [5, 5.41) is 8.57. The van der Waals surface area contributed by atoms with E-state index in [1.165, 1.54) is 6.92 Å². The lowest BCUT2D eigenvalue weighted by molar-refractivity contribution is -0.141. The Morgan fingerprint density at radius 2 is 2.17 bits per heavy atom. The van der Waals surface area contributed by atoms with Crippen LogP contribution in [0.1, 0.15) is 6.92 Å². The van der Waals surface area contributed by atoms with Crippen molar-refractivity contribution in [2.75, 3.05) is 5.75 Å². The van der Waals surface area contributed by atoms with E-state index in [1.54, 1.807) is 0 Å². The predicted molar refractivity (Wildman–Crippen MR) is 49.9 cm³/mol. The van der Waals surface area contributed by atoms with Gasteiger partial charge in [0, 0.05) is 12.7 Å². The van der Waals surface area contributed by atoms with Crippen LogP contribution < -0.4 is 5.43 Å². The number of hydrogen-bond acceptors (Lipinski definition) is 5. The summed E-state index contributed by atoms with van der Waals surface area (Å²) < 4.78 is 0.914. The molecule has 1 amide bonds. The van der Waals surface area contributed by atoms with Crippen LogP contribution in [0.2, 0.25) is 0 Å². The number of carboxylic acids is 1. The molecule has 2 N–H and O–H groups in total. The molecule has 0 aliphatic heterocycles. The minimum absolute atomic E-state index is 0.0686. The van der Waals surface area contributed by atoms with Crippen molar-refractivity contribution >= 4 is 37.3 Å².